The molecule has 5 N–H and O–H groups in total. The number of rotatable bonds is 9. The van der Waals surface area contributed by atoms with E-state index in [1.165, 1.54) is 0 Å². The van der Waals surface area contributed by atoms with Crippen LogP contribution in [-0.4, -0.2) is 107 Å². The number of carbonyl (C=O) groups is 3. The Hall–Kier alpha value is -3.30. The number of hydrogen-bond acceptors (Lipinski definition) is 8. The smallest absolute Gasteiger partial charge is 0.490 e. The summed E-state index contributed by atoms with van der Waals surface area (Å²) in [6.45, 7) is 1.89. The molecule has 2 fully saturated rings. The molecular weight excluding hydrogens is 634 g/mol. The molecule has 0 aliphatic carbocycles. The number of piperidine rings is 1. The SMILES string of the molecule is O=C(O)C(F)(F)F.O=C(O)Cc1cc(Cl)c(OCCO)cc1N1CC(NC2CCN(C(=O)c3ccc(Cl)cc3)CC2)[C@H](O)C1. The van der Waals surface area contributed by atoms with Crippen molar-refractivity contribution >= 4 is 46.7 Å². The van der Waals surface area contributed by atoms with Crippen LogP contribution in [0.4, 0.5) is 18.9 Å². The molecule has 2 aliphatic rings. The molecule has 0 bridgehead atoms. The molecule has 242 valence electrons. The Bertz CT molecular complexity index is 1310. The second-order valence-corrected chi connectivity index (χ2v) is 11.0. The zero-order valence-corrected chi connectivity index (χ0v) is 24.8. The van der Waals surface area contributed by atoms with Crippen LogP contribution in [0, 0.1) is 0 Å². The number of benzene rings is 2. The van der Waals surface area contributed by atoms with Gasteiger partial charge in [0.1, 0.15) is 12.4 Å². The molecule has 1 unspecified atom stereocenters. The van der Waals surface area contributed by atoms with Crippen LogP contribution in [0.2, 0.25) is 10.0 Å². The fourth-order valence-corrected chi connectivity index (χ4v) is 5.29. The van der Waals surface area contributed by atoms with E-state index in [1.54, 1.807) is 36.4 Å². The molecule has 2 aliphatic heterocycles. The lowest BCUT2D eigenvalue weighted by molar-refractivity contribution is -0.192. The monoisotopic (exact) mass is 665 g/mol. The van der Waals surface area contributed by atoms with Crippen LogP contribution in [0.15, 0.2) is 36.4 Å². The second-order valence-electron chi connectivity index (χ2n) is 10.2. The maximum atomic E-state index is 12.8. The predicted molar refractivity (Wildman–Crippen MR) is 155 cm³/mol. The molecule has 1 amide bonds. The molecule has 2 aromatic rings. The Labute approximate surface area is 260 Å². The van der Waals surface area contributed by atoms with Crippen LogP contribution < -0.4 is 15.0 Å². The second kappa shape index (κ2) is 15.6. The molecule has 2 heterocycles. The van der Waals surface area contributed by atoms with Gasteiger partial charge in [-0.25, -0.2) is 4.79 Å². The number of likely N-dealkylation sites (tertiary alicyclic amines) is 1. The van der Waals surface area contributed by atoms with Gasteiger partial charge in [-0.1, -0.05) is 23.2 Å². The minimum atomic E-state index is -5.08. The van der Waals surface area contributed by atoms with E-state index in [4.69, 9.17) is 42.9 Å². The van der Waals surface area contributed by atoms with E-state index >= 15 is 0 Å². The number of amides is 1. The van der Waals surface area contributed by atoms with Crippen LogP contribution in [0.25, 0.3) is 0 Å². The van der Waals surface area contributed by atoms with Crippen molar-refractivity contribution in [1.29, 1.82) is 0 Å². The van der Waals surface area contributed by atoms with Gasteiger partial charge in [-0.15, -0.1) is 0 Å². The van der Waals surface area contributed by atoms with Crippen molar-refractivity contribution in [3.8, 4) is 5.75 Å². The Morgan fingerprint density at radius 3 is 2.18 bits per heavy atom. The summed E-state index contributed by atoms with van der Waals surface area (Å²) in [5, 5.41) is 40.8. The molecule has 0 radical (unpaired) electrons. The van der Waals surface area contributed by atoms with E-state index in [9.17, 15) is 33.0 Å². The number of hydrogen-bond donors (Lipinski definition) is 5. The molecule has 0 spiro atoms. The number of aliphatic hydroxyl groups is 2. The number of ether oxygens (including phenoxy) is 1. The van der Waals surface area contributed by atoms with Crippen LogP contribution in [0.1, 0.15) is 28.8 Å². The average Bonchev–Trinajstić information content (AvgIpc) is 3.32. The van der Waals surface area contributed by atoms with Gasteiger partial charge in [0, 0.05) is 54.6 Å². The lowest BCUT2D eigenvalue weighted by atomic mass is 10.0. The summed E-state index contributed by atoms with van der Waals surface area (Å²) in [6.07, 6.45) is -4.45. The third kappa shape index (κ3) is 9.86. The number of alkyl halides is 3. The number of carboxylic acids is 2. The molecule has 2 aromatic carbocycles. The predicted octanol–water partition coefficient (Wildman–Crippen LogP) is 3.07. The Kier molecular flexibility index (Phi) is 12.5. The van der Waals surface area contributed by atoms with E-state index in [0.29, 0.717) is 53.8 Å². The zero-order valence-electron chi connectivity index (χ0n) is 23.3. The first-order valence-corrected chi connectivity index (χ1v) is 14.3. The number of aliphatic hydroxyl groups excluding tert-OH is 2. The summed E-state index contributed by atoms with van der Waals surface area (Å²) in [5.74, 6) is -3.42. The van der Waals surface area contributed by atoms with E-state index < -0.39 is 24.2 Å². The first kappa shape index (κ1) is 35.2. The average molecular weight is 666 g/mol. The number of aliphatic carboxylic acids is 2. The number of β-amino-alcohol motifs (C(OH)–C–C–N with tert-alkyl or cyclic N) is 1. The summed E-state index contributed by atoms with van der Waals surface area (Å²) in [4.78, 5) is 36.9. The molecule has 4 rings (SSSR count). The highest BCUT2D eigenvalue weighted by molar-refractivity contribution is 6.32. The van der Waals surface area contributed by atoms with Gasteiger partial charge in [0.25, 0.3) is 5.91 Å². The molecule has 16 heteroatoms. The minimum Gasteiger partial charge on any atom is -0.490 e. The number of anilines is 1. The van der Waals surface area contributed by atoms with Crippen LogP contribution in [-0.2, 0) is 16.0 Å². The number of carbonyl (C=O) groups excluding carboxylic acids is 1. The van der Waals surface area contributed by atoms with Crippen molar-refractivity contribution in [3.63, 3.8) is 0 Å². The first-order chi connectivity index (χ1) is 20.7. The van der Waals surface area contributed by atoms with Gasteiger partial charge >= 0.3 is 18.1 Å². The van der Waals surface area contributed by atoms with Crippen LogP contribution in [0.5, 0.6) is 5.75 Å². The molecule has 11 nitrogen and oxygen atoms in total. The molecule has 44 heavy (non-hydrogen) atoms. The maximum absolute atomic E-state index is 12.8. The molecule has 2 atom stereocenters. The highest BCUT2D eigenvalue weighted by atomic mass is 35.5. The van der Waals surface area contributed by atoms with Gasteiger partial charge < -0.3 is 40.3 Å². The van der Waals surface area contributed by atoms with Gasteiger partial charge in [-0.3, -0.25) is 9.59 Å². The molecule has 2 saturated heterocycles. The Morgan fingerprint density at radius 1 is 1.02 bits per heavy atom. The standard InChI is InChI=1S/C26H31Cl2N3O6.C2HF3O2/c27-18-3-1-16(2-4-18)26(36)30-7-5-19(6-8-30)29-21-14-31(15-23(21)33)22-13-24(37-10-9-32)20(28)11-17(22)12-25(34)35;3-2(4,5)1(6)7/h1-4,11,13,19,21,23,29,32-33H,5-10,12,14-15H2,(H,34,35);(H,6,7)/t21?,23-;/m1./s1. The van der Waals surface area contributed by atoms with Crippen molar-refractivity contribution in [2.24, 2.45) is 0 Å². The molecule has 0 aromatic heterocycles. The van der Waals surface area contributed by atoms with E-state index in [-0.39, 0.29) is 42.6 Å². The van der Waals surface area contributed by atoms with Gasteiger partial charge in [-0.2, -0.15) is 13.2 Å². The Balaban J connectivity index is 0.000000676. The minimum absolute atomic E-state index is 0.0184. The maximum Gasteiger partial charge on any atom is 0.490 e. The fourth-order valence-electron chi connectivity index (χ4n) is 4.92. The van der Waals surface area contributed by atoms with Gasteiger partial charge in [0.05, 0.1) is 30.2 Å². The highest BCUT2D eigenvalue weighted by Crippen LogP contribution is 2.35. The summed E-state index contributed by atoms with van der Waals surface area (Å²) in [7, 11) is 0. The fraction of sp³-hybridized carbons (Fsp3) is 0.464. The van der Waals surface area contributed by atoms with Crippen molar-refractivity contribution < 1.29 is 52.7 Å². The highest BCUT2D eigenvalue weighted by Gasteiger charge is 2.38. The third-order valence-electron chi connectivity index (χ3n) is 7.02. The zero-order chi connectivity index (χ0) is 32.6. The van der Waals surface area contributed by atoms with Crippen molar-refractivity contribution in [2.45, 2.75) is 43.6 Å². The van der Waals surface area contributed by atoms with Crippen molar-refractivity contribution in [1.82, 2.24) is 10.2 Å². The lowest BCUT2D eigenvalue weighted by Crippen LogP contribution is -2.50. The third-order valence-corrected chi connectivity index (χ3v) is 7.57. The van der Waals surface area contributed by atoms with Crippen LogP contribution in [0.3, 0.4) is 0 Å². The number of nitrogens with zero attached hydrogens (tertiary/aromatic N) is 2. The summed E-state index contributed by atoms with van der Waals surface area (Å²) in [6, 6.07) is 10.0. The summed E-state index contributed by atoms with van der Waals surface area (Å²) in [5.41, 5.74) is 1.77. The molecule has 0 saturated carbocycles. The van der Waals surface area contributed by atoms with Gasteiger partial charge in [0.2, 0.25) is 0 Å². The Morgan fingerprint density at radius 2 is 1.64 bits per heavy atom. The normalized spacial score (nSPS) is 18.9. The van der Waals surface area contributed by atoms with E-state index in [1.807, 2.05) is 9.80 Å². The molecular formula is C28H32Cl2F3N3O8. The van der Waals surface area contributed by atoms with E-state index in [2.05, 4.69) is 5.32 Å². The van der Waals surface area contributed by atoms with Crippen molar-refractivity contribution in [3.05, 3.63) is 57.6 Å². The topological polar surface area (TPSA) is 160 Å². The summed E-state index contributed by atoms with van der Waals surface area (Å²) < 4.78 is 37.3. The quantitative estimate of drug-likeness (QED) is 0.269. The van der Waals surface area contributed by atoms with E-state index in [0.717, 1.165) is 12.8 Å². The number of carboxylic acid groups (broad SMARTS) is 2. The lowest BCUT2D eigenvalue weighted by Gasteiger charge is -2.34. The van der Waals surface area contributed by atoms with Crippen molar-refractivity contribution in [2.75, 3.05) is 44.3 Å². The number of halogens is 5. The van der Waals surface area contributed by atoms with Crippen LogP contribution >= 0.6 is 23.2 Å². The number of nitrogens with one attached hydrogen (secondary N) is 1. The summed E-state index contributed by atoms with van der Waals surface area (Å²) >= 11 is 12.2. The van der Waals surface area contributed by atoms with Gasteiger partial charge in [-0.05, 0) is 48.7 Å². The largest absolute Gasteiger partial charge is 0.490 e. The van der Waals surface area contributed by atoms with Gasteiger partial charge in [0.15, 0.2) is 0 Å². The first-order valence-electron chi connectivity index (χ1n) is 13.5.